The van der Waals surface area contributed by atoms with E-state index in [0.717, 1.165) is 37.3 Å². The first kappa shape index (κ1) is 17.4. The SMILES string of the molecule is O=C(c1ccccc1)N1N=C2c3ccccc3S(=O)(=O)N2[C@H]1[NH+]1CCCCC1. The Morgan fingerprint density at radius 2 is 1.64 bits per heavy atom. The van der Waals surface area contributed by atoms with Crippen LogP contribution < -0.4 is 4.90 Å². The predicted octanol–water partition coefficient (Wildman–Crippen LogP) is 0.861. The minimum atomic E-state index is -3.74. The van der Waals surface area contributed by atoms with Gasteiger partial charge in [-0.3, -0.25) is 9.69 Å². The van der Waals surface area contributed by atoms with E-state index in [9.17, 15) is 13.2 Å². The van der Waals surface area contributed by atoms with E-state index in [1.165, 1.54) is 9.31 Å². The van der Waals surface area contributed by atoms with Gasteiger partial charge in [-0.25, -0.2) is 8.42 Å². The second-order valence-corrected chi connectivity index (χ2v) is 9.11. The van der Waals surface area contributed by atoms with Crippen LogP contribution in [-0.2, 0) is 10.0 Å². The molecule has 2 aromatic rings. The number of hydrogen-bond acceptors (Lipinski definition) is 4. The maximum absolute atomic E-state index is 13.3. The molecule has 8 heteroatoms. The summed E-state index contributed by atoms with van der Waals surface area (Å²) in [4.78, 5) is 14.6. The molecule has 2 aromatic carbocycles. The molecular weight excluding hydrogens is 376 g/mol. The fourth-order valence-corrected chi connectivity index (χ4v) is 6.05. The van der Waals surface area contributed by atoms with E-state index in [2.05, 4.69) is 5.10 Å². The molecule has 0 saturated carbocycles. The number of amidine groups is 1. The molecule has 0 aliphatic carbocycles. The Balaban J connectivity index is 1.64. The number of piperidine rings is 1. The van der Waals surface area contributed by atoms with Crippen LogP contribution in [0.2, 0.25) is 0 Å². The zero-order valence-electron chi connectivity index (χ0n) is 15.3. The van der Waals surface area contributed by atoms with Crippen LogP contribution in [0.1, 0.15) is 35.2 Å². The molecule has 0 radical (unpaired) electrons. The normalized spacial score (nSPS) is 23.3. The van der Waals surface area contributed by atoms with Crippen molar-refractivity contribution in [2.45, 2.75) is 30.4 Å². The number of likely N-dealkylation sites (tertiary alicyclic amines) is 1. The zero-order chi connectivity index (χ0) is 19.3. The van der Waals surface area contributed by atoms with Crippen LogP contribution in [0.3, 0.4) is 0 Å². The Bertz CT molecular complexity index is 1060. The smallest absolute Gasteiger partial charge is 0.281 e. The number of nitrogens with zero attached hydrogens (tertiary/aromatic N) is 3. The van der Waals surface area contributed by atoms with Crippen LogP contribution in [0.4, 0.5) is 0 Å². The van der Waals surface area contributed by atoms with Crippen molar-refractivity contribution in [3.63, 3.8) is 0 Å². The van der Waals surface area contributed by atoms with Crippen molar-refractivity contribution in [3.05, 3.63) is 65.7 Å². The fraction of sp³-hybridized carbons (Fsp3) is 0.300. The molecule has 1 atom stereocenters. The van der Waals surface area contributed by atoms with Crippen LogP contribution in [0.15, 0.2) is 64.6 Å². The highest BCUT2D eigenvalue weighted by Gasteiger charge is 2.55. The van der Waals surface area contributed by atoms with E-state index < -0.39 is 16.3 Å². The summed E-state index contributed by atoms with van der Waals surface area (Å²) in [5.41, 5.74) is 1.06. The number of fused-ring (bicyclic) bond motifs is 3. The number of nitrogens with one attached hydrogen (secondary N) is 1. The van der Waals surface area contributed by atoms with Crippen LogP contribution >= 0.6 is 0 Å². The van der Waals surface area contributed by atoms with Gasteiger partial charge in [0.1, 0.15) is 0 Å². The van der Waals surface area contributed by atoms with Crippen molar-refractivity contribution in [2.75, 3.05) is 13.1 Å². The lowest BCUT2D eigenvalue weighted by Crippen LogP contribution is -3.19. The fourth-order valence-electron chi connectivity index (χ4n) is 4.29. The van der Waals surface area contributed by atoms with Crippen molar-refractivity contribution >= 4 is 21.8 Å². The molecule has 3 heterocycles. The third kappa shape index (κ3) is 2.48. The summed E-state index contributed by atoms with van der Waals surface area (Å²) in [7, 11) is -3.74. The van der Waals surface area contributed by atoms with Gasteiger partial charge < -0.3 is 0 Å². The number of hydrazone groups is 1. The van der Waals surface area contributed by atoms with E-state index >= 15 is 0 Å². The molecule has 144 valence electrons. The lowest BCUT2D eigenvalue weighted by Gasteiger charge is -2.35. The van der Waals surface area contributed by atoms with Crippen molar-refractivity contribution in [1.29, 1.82) is 0 Å². The molecule has 1 fully saturated rings. The van der Waals surface area contributed by atoms with Crippen LogP contribution in [-0.4, -0.2) is 48.9 Å². The van der Waals surface area contributed by atoms with E-state index in [-0.39, 0.29) is 10.8 Å². The van der Waals surface area contributed by atoms with Crippen LogP contribution in [0.5, 0.6) is 0 Å². The molecule has 0 aromatic heterocycles. The van der Waals surface area contributed by atoms with Gasteiger partial charge in [0.25, 0.3) is 22.2 Å². The van der Waals surface area contributed by atoms with Gasteiger partial charge in [0.05, 0.1) is 18.0 Å². The number of carbonyl (C=O) groups is 1. The van der Waals surface area contributed by atoms with Gasteiger partial charge in [0.2, 0.25) is 0 Å². The quantitative estimate of drug-likeness (QED) is 0.817. The summed E-state index contributed by atoms with van der Waals surface area (Å²) in [5.74, 6) is 0.0706. The molecule has 3 aliphatic heterocycles. The largest absolute Gasteiger partial charge is 0.295 e. The van der Waals surface area contributed by atoms with Crippen molar-refractivity contribution in [3.8, 4) is 0 Å². The van der Waals surface area contributed by atoms with Gasteiger partial charge in [-0.1, -0.05) is 30.3 Å². The number of quaternary nitrogens is 1. The van der Waals surface area contributed by atoms with Gasteiger partial charge in [0, 0.05) is 11.1 Å². The minimum absolute atomic E-state index is 0.266. The topological polar surface area (TPSA) is 74.5 Å². The average Bonchev–Trinajstić information content (AvgIpc) is 3.24. The molecule has 0 spiro atoms. The first-order chi connectivity index (χ1) is 13.6. The number of carbonyl (C=O) groups excluding carboxylic acids is 1. The summed E-state index contributed by atoms with van der Waals surface area (Å²) >= 11 is 0. The molecule has 28 heavy (non-hydrogen) atoms. The molecule has 1 saturated heterocycles. The Labute approximate surface area is 163 Å². The summed E-state index contributed by atoms with van der Waals surface area (Å²) < 4.78 is 28.0. The molecule has 0 unspecified atom stereocenters. The van der Waals surface area contributed by atoms with Crippen LogP contribution in [0, 0.1) is 0 Å². The second kappa shape index (κ2) is 6.42. The highest BCUT2D eigenvalue weighted by molar-refractivity contribution is 7.90. The van der Waals surface area contributed by atoms with E-state index in [1.807, 2.05) is 6.07 Å². The van der Waals surface area contributed by atoms with Gasteiger partial charge in [-0.15, -0.1) is 5.10 Å². The maximum atomic E-state index is 13.3. The number of benzene rings is 2. The number of sulfonamides is 1. The minimum Gasteiger partial charge on any atom is -0.295 e. The average molecular weight is 397 g/mol. The molecular formula is C20H21N4O3S+. The number of rotatable bonds is 2. The number of hydrogen-bond donors (Lipinski definition) is 1. The van der Waals surface area contributed by atoms with E-state index in [4.69, 9.17) is 0 Å². The lowest BCUT2D eigenvalue weighted by atomic mass is 10.1. The first-order valence-electron chi connectivity index (χ1n) is 9.55. The molecule has 5 rings (SSSR count). The molecule has 1 N–H and O–H groups in total. The summed E-state index contributed by atoms with van der Waals surface area (Å²) in [6.45, 7) is 1.63. The third-order valence-corrected chi connectivity index (χ3v) is 7.42. The number of amides is 1. The van der Waals surface area contributed by atoms with Gasteiger partial charge in [0.15, 0.2) is 5.84 Å². The molecule has 3 aliphatic rings. The zero-order valence-corrected chi connectivity index (χ0v) is 16.1. The summed E-state index contributed by atoms with van der Waals surface area (Å²) in [6, 6.07) is 15.8. The van der Waals surface area contributed by atoms with Crippen molar-refractivity contribution in [1.82, 2.24) is 9.31 Å². The molecule has 1 amide bonds. The Morgan fingerprint density at radius 1 is 0.964 bits per heavy atom. The second-order valence-electron chi connectivity index (χ2n) is 7.33. The Morgan fingerprint density at radius 3 is 2.39 bits per heavy atom. The van der Waals surface area contributed by atoms with Crippen molar-refractivity contribution in [2.24, 2.45) is 5.10 Å². The highest BCUT2D eigenvalue weighted by Crippen LogP contribution is 2.36. The molecule has 0 bridgehead atoms. The van der Waals surface area contributed by atoms with Crippen LogP contribution in [0.25, 0.3) is 0 Å². The van der Waals surface area contributed by atoms with Gasteiger partial charge in [-0.2, -0.15) is 9.31 Å². The van der Waals surface area contributed by atoms with E-state index in [0.29, 0.717) is 17.0 Å². The first-order valence-corrected chi connectivity index (χ1v) is 11.0. The van der Waals surface area contributed by atoms with Gasteiger partial charge >= 0.3 is 0 Å². The predicted molar refractivity (Wildman–Crippen MR) is 103 cm³/mol. The van der Waals surface area contributed by atoms with Crippen molar-refractivity contribution < 1.29 is 18.1 Å². The summed E-state index contributed by atoms with van der Waals surface area (Å²) in [5, 5.41) is 5.92. The monoisotopic (exact) mass is 397 g/mol. The lowest BCUT2D eigenvalue weighted by molar-refractivity contribution is -0.947. The Kier molecular flexibility index (Phi) is 3.99. The van der Waals surface area contributed by atoms with Gasteiger partial charge in [-0.05, 0) is 43.5 Å². The standard InChI is InChI=1S/C20H20N4O3S/c25-19(15-9-3-1-4-10-15)23-20(22-13-7-2-8-14-22)24-18(21-23)16-11-5-6-12-17(16)28(24,26)27/h1,3-6,9-12,20H,2,7-8,13-14H2/p+1/t20-/m0/s1. The Hall–Kier alpha value is -2.71. The highest BCUT2D eigenvalue weighted by atomic mass is 32.2. The molecule has 7 nitrogen and oxygen atoms in total. The third-order valence-electron chi connectivity index (χ3n) is 5.62. The summed E-state index contributed by atoms with van der Waals surface area (Å²) in [6.07, 6.45) is 2.47. The maximum Gasteiger partial charge on any atom is 0.281 e. The van der Waals surface area contributed by atoms with E-state index in [1.54, 1.807) is 48.5 Å².